The maximum absolute atomic E-state index is 11.1. The second-order valence-electron chi connectivity index (χ2n) is 3.48. The van der Waals surface area contributed by atoms with Crippen LogP contribution in [0, 0.1) is 6.92 Å². The molecule has 5 heteroatoms. The van der Waals surface area contributed by atoms with Crippen LogP contribution in [0.4, 0.5) is 0 Å². The molecule has 0 amide bonds. The maximum atomic E-state index is 11.1. The number of hydrogen-bond acceptors (Lipinski definition) is 3. The second kappa shape index (κ2) is 4.09. The lowest BCUT2D eigenvalue weighted by molar-refractivity contribution is 0.0697. The molecule has 0 saturated heterocycles. The van der Waals surface area contributed by atoms with E-state index in [0.717, 1.165) is 10.4 Å². The molecule has 0 spiro atoms. The van der Waals surface area contributed by atoms with Crippen LogP contribution >= 0.6 is 11.3 Å². The minimum absolute atomic E-state index is 0.271. The summed E-state index contributed by atoms with van der Waals surface area (Å²) in [6.45, 7) is 4.57. The molecule has 1 N–H and O–H groups in total. The number of aromatic nitrogens is 2. The van der Waals surface area contributed by atoms with Gasteiger partial charge in [0.1, 0.15) is 11.3 Å². The Morgan fingerprint density at radius 3 is 2.88 bits per heavy atom. The number of carbonyl (C=O) groups is 1. The third kappa shape index (κ3) is 1.74. The maximum Gasteiger partial charge on any atom is 0.339 e. The SMILES string of the molecule is CCn1cc(C(=O)O)c(-c2sccc2C)n1. The molecule has 4 nitrogen and oxygen atoms in total. The largest absolute Gasteiger partial charge is 0.478 e. The van der Waals surface area contributed by atoms with Crippen molar-refractivity contribution in [3.63, 3.8) is 0 Å². The van der Waals surface area contributed by atoms with Crippen LogP contribution in [0.5, 0.6) is 0 Å². The van der Waals surface area contributed by atoms with Crippen LogP contribution in [-0.4, -0.2) is 20.9 Å². The summed E-state index contributed by atoms with van der Waals surface area (Å²) in [5, 5.41) is 15.4. The summed E-state index contributed by atoms with van der Waals surface area (Å²) >= 11 is 1.52. The van der Waals surface area contributed by atoms with Gasteiger partial charge in [0.05, 0.1) is 4.88 Å². The molecule has 2 aromatic rings. The molecule has 0 radical (unpaired) electrons. The van der Waals surface area contributed by atoms with Crippen LogP contribution in [0.2, 0.25) is 0 Å². The number of carboxylic acid groups (broad SMARTS) is 1. The van der Waals surface area contributed by atoms with Crippen molar-refractivity contribution in [2.45, 2.75) is 20.4 Å². The zero-order valence-electron chi connectivity index (χ0n) is 9.10. The summed E-state index contributed by atoms with van der Waals surface area (Å²) < 4.78 is 1.65. The van der Waals surface area contributed by atoms with Crippen molar-refractivity contribution in [1.29, 1.82) is 0 Å². The first kappa shape index (κ1) is 10.9. The van der Waals surface area contributed by atoms with E-state index in [2.05, 4.69) is 5.10 Å². The van der Waals surface area contributed by atoms with Gasteiger partial charge < -0.3 is 5.11 Å². The van der Waals surface area contributed by atoms with Crippen molar-refractivity contribution in [3.8, 4) is 10.6 Å². The molecule has 0 atom stereocenters. The third-order valence-electron chi connectivity index (χ3n) is 2.39. The molecule has 0 aliphatic carbocycles. The summed E-state index contributed by atoms with van der Waals surface area (Å²) in [5.74, 6) is -0.928. The smallest absolute Gasteiger partial charge is 0.339 e. The van der Waals surface area contributed by atoms with Crippen molar-refractivity contribution >= 4 is 17.3 Å². The van der Waals surface area contributed by atoms with Crippen molar-refractivity contribution in [3.05, 3.63) is 28.8 Å². The Hall–Kier alpha value is -1.62. The lowest BCUT2D eigenvalue weighted by Crippen LogP contribution is -1.96. The van der Waals surface area contributed by atoms with E-state index >= 15 is 0 Å². The monoisotopic (exact) mass is 236 g/mol. The number of rotatable bonds is 3. The van der Waals surface area contributed by atoms with Gasteiger partial charge in [-0.2, -0.15) is 5.10 Å². The van der Waals surface area contributed by atoms with Gasteiger partial charge in [0.25, 0.3) is 0 Å². The number of aryl methyl sites for hydroxylation is 2. The summed E-state index contributed by atoms with van der Waals surface area (Å²) in [7, 11) is 0. The summed E-state index contributed by atoms with van der Waals surface area (Å²) in [4.78, 5) is 12.0. The third-order valence-corrected chi connectivity index (χ3v) is 3.42. The molecule has 0 unspecified atom stereocenters. The van der Waals surface area contributed by atoms with Crippen LogP contribution in [0.1, 0.15) is 22.8 Å². The Labute approximate surface area is 97.2 Å². The molecule has 0 aromatic carbocycles. The van der Waals surface area contributed by atoms with E-state index in [-0.39, 0.29) is 5.56 Å². The molecule has 2 aromatic heterocycles. The van der Waals surface area contributed by atoms with Crippen molar-refractivity contribution in [1.82, 2.24) is 9.78 Å². The van der Waals surface area contributed by atoms with E-state index in [0.29, 0.717) is 12.2 Å². The van der Waals surface area contributed by atoms with Gasteiger partial charge in [0, 0.05) is 12.7 Å². The minimum atomic E-state index is -0.928. The number of carboxylic acids is 1. The highest BCUT2D eigenvalue weighted by molar-refractivity contribution is 7.13. The standard InChI is InChI=1S/C11H12N2O2S/c1-3-13-6-8(11(14)15)9(12-13)10-7(2)4-5-16-10/h4-6H,3H2,1-2H3,(H,14,15). The van der Waals surface area contributed by atoms with E-state index in [1.165, 1.54) is 11.3 Å². The van der Waals surface area contributed by atoms with Gasteiger partial charge in [0.2, 0.25) is 0 Å². The van der Waals surface area contributed by atoms with Crippen LogP contribution < -0.4 is 0 Å². The molecule has 2 heterocycles. The van der Waals surface area contributed by atoms with Crippen LogP contribution in [0.25, 0.3) is 10.6 Å². The van der Waals surface area contributed by atoms with Gasteiger partial charge in [-0.25, -0.2) is 4.79 Å². The van der Waals surface area contributed by atoms with Gasteiger partial charge in [-0.05, 0) is 30.9 Å². The topological polar surface area (TPSA) is 55.1 Å². The highest BCUT2D eigenvalue weighted by Gasteiger charge is 2.18. The lowest BCUT2D eigenvalue weighted by atomic mass is 10.2. The molecule has 16 heavy (non-hydrogen) atoms. The van der Waals surface area contributed by atoms with E-state index in [1.807, 2.05) is 25.3 Å². The zero-order valence-corrected chi connectivity index (χ0v) is 9.91. The number of aromatic carboxylic acids is 1. The van der Waals surface area contributed by atoms with Crippen LogP contribution in [0.3, 0.4) is 0 Å². The Balaban J connectivity index is 2.59. The van der Waals surface area contributed by atoms with Gasteiger partial charge in [0.15, 0.2) is 0 Å². The van der Waals surface area contributed by atoms with E-state index in [4.69, 9.17) is 5.11 Å². The first-order valence-corrected chi connectivity index (χ1v) is 5.86. The summed E-state index contributed by atoms with van der Waals surface area (Å²) in [6, 6.07) is 1.97. The normalized spacial score (nSPS) is 10.6. The fourth-order valence-corrected chi connectivity index (χ4v) is 2.45. The summed E-state index contributed by atoms with van der Waals surface area (Å²) in [6.07, 6.45) is 1.58. The Kier molecular flexibility index (Phi) is 2.78. The predicted octanol–water partition coefficient (Wildman–Crippen LogP) is 2.64. The van der Waals surface area contributed by atoms with E-state index in [1.54, 1.807) is 10.9 Å². The van der Waals surface area contributed by atoms with Gasteiger partial charge in [-0.1, -0.05) is 0 Å². The molecule has 0 aliphatic rings. The Bertz CT molecular complexity index is 528. The number of nitrogens with zero attached hydrogens (tertiary/aromatic N) is 2. The van der Waals surface area contributed by atoms with Gasteiger partial charge in [-0.3, -0.25) is 4.68 Å². The molecule has 0 bridgehead atoms. The molecular weight excluding hydrogens is 224 g/mol. The average Bonchev–Trinajstić information content (AvgIpc) is 2.82. The van der Waals surface area contributed by atoms with Crippen LogP contribution in [0.15, 0.2) is 17.6 Å². The fourth-order valence-electron chi connectivity index (χ4n) is 1.52. The van der Waals surface area contributed by atoms with Crippen molar-refractivity contribution < 1.29 is 9.90 Å². The van der Waals surface area contributed by atoms with Crippen molar-refractivity contribution in [2.75, 3.05) is 0 Å². The molecule has 0 saturated carbocycles. The second-order valence-corrected chi connectivity index (χ2v) is 4.40. The van der Waals surface area contributed by atoms with Gasteiger partial charge >= 0.3 is 5.97 Å². The van der Waals surface area contributed by atoms with E-state index < -0.39 is 5.97 Å². The highest BCUT2D eigenvalue weighted by atomic mass is 32.1. The summed E-state index contributed by atoms with van der Waals surface area (Å²) in [5.41, 5.74) is 1.91. The number of thiophene rings is 1. The minimum Gasteiger partial charge on any atom is -0.478 e. The molecule has 2 rings (SSSR count). The zero-order chi connectivity index (χ0) is 11.7. The van der Waals surface area contributed by atoms with Crippen molar-refractivity contribution in [2.24, 2.45) is 0 Å². The Morgan fingerprint density at radius 1 is 1.62 bits per heavy atom. The average molecular weight is 236 g/mol. The molecule has 0 aliphatic heterocycles. The molecule has 0 fully saturated rings. The van der Waals surface area contributed by atoms with E-state index in [9.17, 15) is 4.79 Å². The quantitative estimate of drug-likeness (QED) is 0.891. The predicted molar refractivity (Wildman–Crippen MR) is 62.9 cm³/mol. The lowest BCUT2D eigenvalue weighted by Gasteiger charge is -1.96. The first-order valence-electron chi connectivity index (χ1n) is 4.98. The number of hydrogen-bond donors (Lipinski definition) is 1. The van der Waals surface area contributed by atoms with Gasteiger partial charge in [-0.15, -0.1) is 11.3 Å². The highest BCUT2D eigenvalue weighted by Crippen LogP contribution is 2.30. The molecular formula is C11H12N2O2S. The first-order chi connectivity index (χ1) is 7.63. The fraction of sp³-hybridized carbons (Fsp3) is 0.273. The Morgan fingerprint density at radius 2 is 2.38 bits per heavy atom. The molecule has 84 valence electrons. The van der Waals surface area contributed by atoms with Crippen LogP contribution in [-0.2, 0) is 6.54 Å².